The van der Waals surface area contributed by atoms with Crippen LogP contribution in [-0.4, -0.2) is 19.1 Å². The highest BCUT2D eigenvalue weighted by Gasteiger charge is 2.13. The van der Waals surface area contributed by atoms with Crippen molar-refractivity contribution in [3.63, 3.8) is 0 Å². The second kappa shape index (κ2) is 4.31. The molecule has 88 valence electrons. The summed E-state index contributed by atoms with van der Waals surface area (Å²) < 4.78 is 2.87. The number of halogens is 2. The molecule has 0 amide bonds. The molecule has 1 N–H and O–H groups in total. The highest BCUT2D eigenvalue weighted by Crippen LogP contribution is 2.09. The quantitative estimate of drug-likeness (QED) is 0.744. The van der Waals surface area contributed by atoms with Gasteiger partial charge in [0.05, 0.1) is 5.88 Å². The largest absolute Gasteiger partial charge is 0.329 e. The third-order valence-corrected chi connectivity index (χ3v) is 2.59. The zero-order valence-corrected chi connectivity index (χ0v) is 10.2. The average Bonchev–Trinajstić information content (AvgIpc) is 2.53. The summed E-state index contributed by atoms with van der Waals surface area (Å²) in [7, 11) is 3.23. The Morgan fingerprint density at radius 3 is 2.50 bits per heavy atom. The number of rotatable bonds is 1. The number of nitrogens with one attached hydrogen (secondary N) is 1. The van der Waals surface area contributed by atoms with Crippen LogP contribution in [-0.2, 0) is 20.0 Å². The van der Waals surface area contributed by atoms with Crippen molar-refractivity contribution in [2.75, 3.05) is 0 Å². The Hall–Kier alpha value is -1.27. The second-order valence-corrected chi connectivity index (χ2v) is 3.48. The van der Waals surface area contributed by atoms with Crippen LogP contribution in [0.25, 0.3) is 11.2 Å². The predicted octanol–water partition coefficient (Wildman–Crippen LogP) is 0.121. The van der Waals surface area contributed by atoms with Gasteiger partial charge in [-0.05, 0) is 0 Å². The Morgan fingerprint density at radius 1 is 1.31 bits per heavy atom. The first-order valence-corrected chi connectivity index (χ1v) is 4.80. The molecule has 2 heterocycles. The summed E-state index contributed by atoms with van der Waals surface area (Å²) in [6, 6.07) is 0. The number of hydrogen-bond acceptors (Lipinski definition) is 3. The number of aromatic amines is 1. The van der Waals surface area contributed by atoms with Crippen LogP contribution in [0.1, 0.15) is 5.82 Å². The molecule has 8 heteroatoms. The summed E-state index contributed by atoms with van der Waals surface area (Å²) in [6.45, 7) is 0. The predicted molar refractivity (Wildman–Crippen MR) is 63.4 cm³/mol. The molecule has 0 radical (unpaired) electrons. The third kappa shape index (κ3) is 1.64. The van der Waals surface area contributed by atoms with E-state index in [-0.39, 0.29) is 18.3 Å². The van der Waals surface area contributed by atoms with Gasteiger partial charge in [-0.15, -0.1) is 24.0 Å². The number of fused-ring (bicyclic) bond motifs is 1. The monoisotopic (exact) mass is 264 g/mol. The summed E-state index contributed by atoms with van der Waals surface area (Å²) in [4.78, 5) is 29.2. The lowest BCUT2D eigenvalue weighted by Crippen LogP contribution is -2.29. The molecule has 2 aromatic heterocycles. The van der Waals surface area contributed by atoms with Gasteiger partial charge in [0.25, 0.3) is 5.56 Å². The van der Waals surface area contributed by atoms with Crippen LogP contribution in [0.15, 0.2) is 9.59 Å². The highest BCUT2D eigenvalue weighted by atomic mass is 35.5. The zero-order valence-electron chi connectivity index (χ0n) is 8.65. The van der Waals surface area contributed by atoms with Gasteiger partial charge in [0, 0.05) is 14.1 Å². The van der Waals surface area contributed by atoms with Gasteiger partial charge in [0.15, 0.2) is 11.2 Å². The van der Waals surface area contributed by atoms with Gasteiger partial charge in [-0.2, -0.15) is 0 Å². The summed E-state index contributed by atoms with van der Waals surface area (Å²) in [5, 5.41) is 0. The van der Waals surface area contributed by atoms with E-state index in [2.05, 4.69) is 9.97 Å². The van der Waals surface area contributed by atoms with Crippen LogP contribution in [0.4, 0.5) is 0 Å². The molecule has 0 atom stereocenters. The SMILES string of the molecule is Cl.Cn1c(CCl)nc2c1c(=O)[nH]c(=O)n2C. The minimum absolute atomic E-state index is 0. The molecular formula is C8H10Cl2N4O2. The fraction of sp³-hybridized carbons (Fsp3) is 0.375. The Morgan fingerprint density at radius 2 is 1.94 bits per heavy atom. The van der Waals surface area contributed by atoms with Crippen molar-refractivity contribution in [1.82, 2.24) is 19.1 Å². The van der Waals surface area contributed by atoms with Crippen LogP contribution in [0, 0.1) is 0 Å². The molecule has 0 fully saturated rings. The van der Waals surface area contributed by atoms with Crippen LogP contribution in [0.2, 0.25) is 0 Å². The Labute approximate surface area is 101 Å². The van der Waals surface area contributed by atoms with E-state index < -0.39 is 11.2 Å². The van der Waals surface area contributed by atoms with Crippen LogP contribution in [0.3, 0.4) is 0 Å². The van der Waals surface area contributed by atoms with E-state index in [1.165, 1.54) is 4.57 Å². The van der Waals surface area contributed by atoms with Gasteiger partial charge in [-0.1, -0.05) is 0 Å². The highest BCUT2D eigenvalue weighted by molar-refractivity contribution is 6.16. The maximum Gasteiger partial charge on any atom is 0.329 e. The minimum atomic E-state index is -0.480. The molecule has 0 saturated carbocycles. The normalized spacial score (nSPS) is 10.4. The molecule has 0 aliphatic carbocycles. The lowest BCUT2D eigenvalue weighted by Gasteiger charge is -1.98. The number of aryl methyl sites for hydroxylation is 2. The van der Waals surface area contributed by atoms with Gasteiger partial charge in [0.2, 0.25) is 0 Å². The first-order valence-electron chi connectivity index (χ1n) is 4.27. The minimum Gasteiger partial charge on any atom is -0.324 e. The smallest absolute Gasteiger partial charge is 0.324 e. The van der Waals surface area contributed by atoms with Gasteiger partial charge in [-0.25, -0.2) is 9.78 Å². The van der Waals surface area contributed by atoms with E-state index in [0.717, 1.165) is 0 Å². The van der Waals surface area contributed by atoms with Crippen LogP contribution >= 0.6 is 24.0 Å². The first-order chi connectivity index (χ1) is 7.06. The fourth-order valence-corrected chi connectivity index (χ4v) is 1.71. The molecule has 0 spiro atoms. The third-order valence-electron chi connectivity index (χ3n) is 2.35. The molecule has 2 rings (SSSR count). The van der Waals surface area contributed by atoms with Crippen molar-refractivity contribution >= 4 is 35.2 Å². The molecule has 0 aliphatic rings. The van der Waals surface area contributed by atoms with Gasteiger partial charge in [0.1, 0.15) is 5.82 Å². The van der Waals surface area contributed by atoms with E-state index in [0.29, 0.717) is 17.0 Å². The maximum atomic E-state index is 11.5. The molecule has 16 heavy (non-hydrogen) atoms. The van der Waals surface area contributed by atoms with Crippen molar-refractivity contribution < 1.29 is 0 Å². The van der Waals surface area contributed by atoms with E-state index in [1.54, 1.807) is 18.7 Å². The Bertz CT molecular complexity index is 640. The van der Waals surface area contributed by atoms with Crippen LogP contribution < -0.4 is 11.2 Å². The average molecular weight is 265 g/mol. The number of nitrogens with zero attached hydrogens (tertiary/aromatic N) is 3. The zero-order chi connectivity index (χ0) is 11.2. The molecule has 0 aliphatic heterocycles. The number of alkyl halides is 1. The number of aromatic nitrogens is 4. The summed E-state index contributed by atoms with van der Waals surface area (Å²) in [6.07, 6.45) is 0. The molecule has 0 saturated heterocycles. The summed E-state index contributed by atoms with van der Waals surface area (Å²) in [5.74, 6) is 0.747. The Kier molecular flexibility index (Phi) is 3.44. The van der Waals surface area contributed by atoms with Gasteiger partial charge in [-0.3, -0.25) is 14.3 Å². The molecule has 0 unspecified atom stereocenters. The van der Waals surface area contributed by atoms with Crippen molar-refractivity contribution in [3.8, 4) is 0 Å². The molecule has 6 nitrogen and oxygen atoms in total. The van der Waals surface area contributed by atoms with E-state index in [9.17, 15) is 9.59 Å². The maximum absolute atomic E-state index is 11.5. The second-order valence-electron chi connectivity index (χ2n) is 3.21. The molecule has 2 aromatic rings. The van der Waals surface area contributed by atoms with Gasteiger partial charge >= 0.3 is 5.69 Å². The number of H-pyrrole nitrogens is 1. The summed E-state index contributed by atoms with van der Waals surface area (Å²) >= 11 is 5.67. The lowest BCUT2D eigenvalue weighted by atomic mass is 10.5. The van der Waals surface area contributed by atoms with E-state index >= 15 is 0 Å². The van der Waals surface area contributed by atoms with Gasteiger partial charge < -0.3 is 4.57 Å². The number of imidazole rings is 1. The number of hydrogen-bond donors (Lipinski definition) is 1. The van der Waals surface area contributed by atoms with E-state index in [1.807, 2.05) is 0 Å². The standard InChI is InChI=1S/C8H9ClN4O2.ClH/c1-12-4(3-9)10-6-5(12)7(14)11-8(15)13(6)2;/h3H2,1-2H3,(H,11,14,15);1H. The topological polar surface area (TPSA) is 72.7 Å². The van der Waals surface area contributed by atoms with Crippen molar-refractivity contribution in [1.29, 1.82) is 0 Å². The fourth-order valence-electron chi connectivity index (χ4n) is 1.47. The van der Waals surface area contributed by atoms with Crippen molar-refractivity contribution in [2.45, 2.75) is 5.88 Å². The lowest BCUT2D eigenvalue weighted by molar-refractivity contribution is 0.829. The van der Waals surface area contributed by atoms with Crippen molar-refractivity contribution in [3.05, 3.63) is 26.7 Å². The molecular weight excluding hydrogens is 255 g/mol. The van der Waals surface area contributed by atoms with Crippen molar-refractivity contribution in [2.24, 2.45) is 14.1 Å². The molecule has 0 aromatic carbocycles. The van der Waals surface area contributed by atoms with E-state index in [4.69, 9.17) is 11.6 Å². The Balaban J connectivity index is 0.00000128. The first kappa shape index (κ1) is 12.8. The summed E-state index contributed by atoms with van der Waals surface area (Å²) in [5.41, 5.74) is -0.221. The van der Waals surface area contributed by atoms with Crippen LogP contribution in [0.5, 0.6) is 0 Å². The molecule has 0 bridgehead atoms.